The van der Waals surface area contributed by atoms with Crippen molar-refractivity contribution in [2.75, 3.05) is 12.4 Å². The van der Waals surface area contributed by atoms with Gasteiger partial charge in [-0.15, -0.1) is 0 Å². The standard InChI is InChI=1S/C13H12N2O5/c1-7-10(11(16)17)20-13(14-7)15-9-5-3-8(4-6-9)12(18)19-2/h3-6H,1-2H3,(H,14,15)(H,16,17). The number of ether oxygens (including phenoxy) is 1. The summed E-state index contributed by atoms with van der Waals surface area (Å²) in [7, 11) is 1.30. The molecule has 0 aliphatic heterocycles. The molecule has 0 spiro atoms. The van der Waals surface area contributed by atoms with E-state index in [2.05, 4.69) is 15.0 Å². The van der Waals surface area contributed by atoms with Gasteiger partial charge in [0.2, 0.25) is 5.76 Å². The van der Waals surface area contributed by atoms with Gasteiger partial charge in [-0.3, -0.25) is 0 Å². The van der Waals surface area contributed by atoms with Crippen LogP contribution in [0.1, 0.15) is 26.6 Å². The zero-order valence-electron chi connectivity index (χ0n) is 10.8. The number of carboxylic acids is 1. The van der Waals surface area contributed by atoms with Crippen LogP contribution >= 0.6 is 0 Å². The SMILES string of the molecule is COC(=O)c1ccc(Nc2nc(C)c(C(=O)O)o2)cc1. The highest BCUT2D eigenvalue weighted by molar-refractivity contribution is 5.89. The highest BCUT2D eigenvalue weighted by Gasteiger charge is 2.16. The summed E-state index contributed by atoms with van der Waals surface area (Å²) in [6, 6.07) is 6.48. The molecule has 0 saturated heterocycles. The van der Waals surface area contributed by atoms with Crippen LogP contribution in [-0.2, 0) is 4.74 Å². The summed E-state index contributed by atoms with van der Waals surface area (Å²) >= 11 is 0. The smallest absolute Gasteiger partial charge is 0.373 e. The molecule has 7 nitrogen and oxygen atoms in total. The number of esters is 1. The van der Waals surface area contributed by atoms with Crippen molar-refractivity contribution in [1.29, 1.82) is 0 Å². The van der Waals surface area contributed by atoms with Gasteiger partial charge in [-0.2, -0.15) is 4.98 Å². The number of carbonyl (C=O) groups is 2. The molecule has 0 saturated carbocycles. The molecule has 2 N–H and O–H groups in total. The van der Waals surface area contributed by atoms with Gasteiger partial charge >= 0.3 is 11.9 Å². The van der Waals surface area contributed by atoms with Gasteiger partial charge < -0.3 is 19.6 Å². The van der Waals surface area contributed by atoms with E-state index >= 15 is 0 Å². The summed E-state index contributed by atoms with van der Waals surface area (Å²) in [4.78, 5) is 26.0. The lowest BCUT2D eigenvalue weighted by Gasteiger charge is -2.03. The Labute approximate surface area is 114 Å². The summed E-state index contributed by atoms with van der Waals surface area (Å²) in [5.41, 5.74) is 1.30. The number of hydrogen-bond acceptors (Lipinski definition) is 6. The van der Waals surface area contributed by atoms with Crippen LogP contribution < -0.4 is 5.32 Å². The molecular formula is C13H12N2O5. The fraction of sp³-hybridized carbons (Fsp3) is 0.154. The van der Waals surface area contributed by atoms with E-state index in [1.54, 1.807) is 31.2 Å². The topological polar surface area (TPSA) is 102 Å². The van der Waals surface area contributed by atoms with Gasteiger partial charge in [-0.25, -0.2) is 9.59 Å². The Bertz CT molecular complexity index is 645. The van der Waals surface area contributed by atoms with E-state index in [1.807, 2.05) is 0 Å². The first-order valence-corrected chi connectivity index (χ1v) is 5.67. The summed E-state index contributed by atoms with van der Waals surface area (Å²) in [6.07, 6.45) is 0. The largest absolute Gasteiger partial charge is 0.475 e. The molecule has 0 radical (unpaired) electrons. The predicted molar refractivity (Wildman–Crippen MR) is 69.3 cm³/mol. The number of aryl methyl sites for hydroxylation is 1. The Morgan fingerprint density at radius 3 is 2.45 bits per heavy atom. The van der Waals surface area contributed by atoms with Crippen LogP contribution in [0.4, 0.5) is 11.7 Å². The number of hydrogen-bond donors (Lipinski definition) is 2. The first-order chi connectivity index (χ1) is 9.51. The van der Waals surface area contributed by atoms with Crippen molar-refractivity contribution < 1.29 is 23.8 Å². The summed E-state index contributed by atoms with van der Waals surface area (Å²) in [5.74, 6) is -1.82. The lowest BCUT2D eigenvalue weighted by molar-refractivity contribution is 0.0599. The van der Waals surface area contributed by atoms with Crippen molar-refractivity contribution in [1.82, 2.24) is 4.98 Å². The summed E-state index contributed by atoms with van der Waals surface area (Å²) in [5, 5.41) is 11.7. The lowest BCUT2D eigenvalue weighted by Crippen LogP contribution is -2.00. The van der Waals surface area contributed by atoms with E-state index in [-0.39, 0.29) is 17.5 Å². The molecule has 7 heteroatoms. The minimum absolute atomic E-state index is 0.0747. The predicted octanol–water partition coefficient (Wildman–Crippen LogP) is 2.21. The summed E-state index contributed by atoms with van der Waals surface area (Å²) in [6.45, 7) is 1.54. The Hall–Kier alpha value is -2.83. The molecular weight excluding hydrogens is 264 g/mol. The van der Waals surface area contributed by atoms with Crippen LogP contribution in [0.3, 0.4) is 0 Å². The fourth-order valence-electron chi connectivity index (χ4n) is 1.58. The highest BCUT2D eigenvalue weighted by Crippen LogP contribution is 2.20. The van der Waals surface area contributed by atoms with Gasteiger partial charge in [0.25, 0.3) is 6.01 Å². The number of carboxylic acid groups (broad SMARTS) is 1. The second kappa shape index (κ2) is 5.43. The molecule has 2 rings (SSSR count). The third-order valence-electron chi connectivity index (χ3n) is 2.55. The second-order valence-electron chi connectivity index (χ2n) is 3.93. The van der Waals surface area contributed by atoms with E-state index in [9.17, 15) is 9.59 Å². The highest BCUT2D eigenvalue weighted by atomic mass is 16.5. The molecule has 0 atom stereocenters. The van der Waals surface area contributed by atoms with Crippen LogP contribution in [0.25, 0.3) is 0 Å². The van der Waals surface area contributed by atoms with Crippen molar-refractivity contribution in [2.24, 2.45) is 0 Å². The molecule has 1 heterocycles. The Morgan fingerprint density at radius 1 is 1.30 bits per heavy atom. The molecule has 0 aliphatic rings. The molecule has 2 aromatic rings. The minimum Gasteiger partial charge on any atom is -0.475 e. The molecule has 0 aliphatic carbocycles. The van der Waals surface area contributed by atoms with E-state index < -0.39 is 11.9 Å². The number of benzene rings is 1. The fourth-order valence-corrected chi connectivity index (χ4v) is 1.58. The average molecular weight is 276 g/mol. The number of nitrogens with zero attached hydrogens (tertiary/aromatic N) is 1. The van der Waals surface area contributed by atoms with Crippen LogP contribution in [-0.4, -0.2) is 29.1 Å². The number of rotatable bonds is 4. The zero-order chi connectivity index (χ0) is 14.7. The third kappa shape index (κ3) is 2.77. The normalized spacial score (nSPS) is 10.1. The minimum atomic E-state index is -1.18. The molecule has 104 valence electrons. The summed E-state index contributed by atoms with van der Waals surface area (Å²) < 4.78 is 9.65. The maximum absolute atomic E-state index is 11.3. The maximum Gasteiger partial charge on any atom is 0.373 e. The van der Waals surface area contributed by atoms with E-state index in [1.165, 1.54) is 7.11 Å². The van der Waals surface area contributed by atoms with Gasteiger partial charge in [0, 0.05) is 5.69 Å². The van der Waals surface area contributed by atoms with E-state index in [4.69, 9.17) is 9.52 Å². The average Bonchev–Trinajstić information content (AvgIpc) is 2.79. The van der Waals surface area contributed by atoms with Gasteiger partial charge in [0.15, 0.2) is 0 Å². The Morgan fingerprint density at radius 2 is 1.95 bits per heavy atom. The number of anilines is 2. The number of aromatic nitrogens is 1. The van der Waals surface area contributed by atoms with Crippen molar-refractivity contribution in [3.63, 3.8) is 0 Å². The first-order valence-electron chi connectivity index (χ1n) is 5.67. The van der Waals surface area contributed by atoms with Gasteiger partial charge in [-0.05, 0) is 31.2 Å². The molecule has 20 heavy (non-hydrogen) atoms. The number of methoxy groups -OCH3 is 1. The number of oxazole rings is 1. The first kappa shape index (κ1) is 13.6. The van der Waals surface area contributed by atoms with E-state index in [0.29, 0.717) is 11.3 Å². The van der Waals surface area contributed by atoms with Crippen molar-refractivity contribution in [3.8, 4) is 0 Å². The number of nitrogens with one attached hydrogen (secondary N) is 1. The van der Waals surface area contributed by atoms with Crippen LogP contribution in [0.2, 0.25) is 0 Å². The lowest BCUT2D eigenvalue weighted by atomic mass is 10.2. The second-order valence-corrected chi connectivity index (χ2v) is 3.93. The molecule has 0 amide bonds. The molecule has 0 fully saturated rings. The van der Waals surface area contributed by atoms with Gasteiger partial charge in [0.1, 0.15) is 0 Å². The molecule has 0 unspecified atom stereocenters. The molecule has 1 aromatic carbocycles. The molecule has 1 aromatic heterocycles. The molecule has 0 bridgehead atoms. The Balaban J connectivity index is 2.16. The van der Waals surface area contributed by atoms with Crippen molar-refractivity contribution in [3.05, 3.63) is 41.3 Å². The van der Waals surface area contributed by atoms with Crippen LogP contribution in [0.5, 0.6) is 0 Å². The van der Waals surface area contributed by atoms with Crippen LogP contribution in [0.15, 0.2) is 28.7 Å². The van der Waals surface area contributed by atoms with Gasteiger partial charge in [0.05, 0.1) is 18.4 Å². The quantitative estimate of drug-likeness (QED) is 0.825. The van der Waals surface area contributed by atoms with Crippen molar-refractivity contribution >= 4 is 23.6 Å². The monoisotopic (exact) mass is 276 g/mol. The van der Waals surface area contributed by atoms with Crippen LogP contribution in [0, 0.1) is 6.92 Å². The Kier molecular flexibility index (Phi) is 3.69. The third-order valence-corrected chi connectivity index (χ3v) is 2.55. The number of aromatic carboxylic acids is 1. The maximum atomic E-state index is 11.3. The zero-order valence-corrected chi connectivity index (χ0v) is 10.8. The number of carbonyl (C=O) groups excluding carboxylic acids is 1. The van der Waals surface area contributed by atoms with Gasteiger partial charge in [-0.1, -0.05) is 0 Å². The van der Waals surface area contributed by atoms with Crippen molar-refractivity contribution in [2.45, 2.75) is 6.92 Å². The van der Waals surface area contributed by atoms with E-state index in [0.717, 1.165) is 0 Å².